The van der Waals surface area contributed by atoms with Gasteiger partial charge in [0.2, 0.25) is 5.91 Å². The summed E-state index contributed by atoms with van der Waals surface area (Å²) in [4.78, 5) is 24.8. The minimum Gasteiger partial charge on any atom is -0.403 e. The average Bonchev–Trinajstić information content (AvgIpc) is 3.31. The van der Waals surface area contributed by atoms with Gasteiger partial charge in [0.05, 0.1) is 12.1 Å². The Labute approximate surface area is 213 Å². The van der Waals surface area contributed by atoms with Gasteiger partial charge in [-0.1, -0.05) is 55.8 Å². The summed E-state index contributed by atoms with van der Waals surface area (Å²) < 4.78 is 15.0. The van der Waals surface area contributed by atoms with Crippen molar-refractivity contribution in [1.29, 1.82) is 0 Å². The van der Waals surface area contributed by atoms with E-state index in [0.29, 0.717) is 5.70 Å². The molecule has 36 heavy (non-hydrogen) atoms. The van der Waals surface area contributed by atoms with Gasteiger partial charge in [-0.25, -0.2) is 4.39 Å². The number of halogens is 1. The quantitative estimate of drug-likeness (QED) is 0.254. The van der Waals surface area contributed by atoms with E-state index in [1.165, 1.54) is 6.20 Å². The summed E-state index contributed by atoms with van der Waals surface area (Å²) in [6, 6.07) is 14.9. The molecule has 6 N–H and O–H groups in total. The number of carbonyl (C=O) groups is 2. The molecule has 2 atom stereocenters. The maximum absolute atomic E-state index is 15.0. The van der Waals surface area contributed by atoms with Gasteiger partial charge in [-0.05, 0) is 67.4 Å². The Morgan fingerprint density at radius 1 is 1.19 bits per heavy atom. The first-order valence-corrected chi connectivity index (χ1v) is 12.5. The summed E-state index contributed by atoms with van der Waals surface area (Å²) in [5, 5.41) is 3.19. The number of likely N-dealkylation sites (tertiary alicyclic amines) is 1. The van der Waals surface area contributed by atoms with Gasteiger partial charge >= 0.3 is 0 Å². The van der Waals surface area contributed by atoms with Crippen LogP contribution >= 0.6 is 0 Å². The second kappa shape index (κ2) is 12.6. The molecule has 2 aromatic carbocycles. The van der Waals surface area contributed by atoms with Crippen LogP contribution in [0.15, 0.2) is 60.4 Å². The lowest BCUT2D eigenvalue weighted by atomic mass is 9.66. The number of amides is 1. The highest BCUT2D eigenvalue weighted by Crippen LogP contribution is 2.44. The van der Waals surface area contributed by atoms with Gasteiger partial charge in [-0.3, -0.25) is 15.5 Å². The molecular formula is C28H38FN5O2. The van der Waals surface area contributed by atoms with E-state index in [1.54, 1.807) is 6.07 Å². The number of allylic oxidation sites excluding steroid dienone is 1. The molecule has 7 nitrogen and oxygen atoms in total. The molecule has 2 aromatic rings. The molecule has 0 bridgehead atoms. The summed E-state index contributed by atoms with van der Waals surface area (Å²) in [6.07, 6.45) is 7.36. The van der Waals surface area contributed by atoms with Gasteiger partial charge in [0.25, 0.3) is 0 Å². The number of nitrogens with zero attached hydrogens (tertiary/aromatic N) is 1. The number of benzene rings is 2. The fourth-order valence-corrected chi connectivity index (χ4v) is 4.93. The number of hydrazine groups is 1. The molecule has 2 aliphatic rings. The molecule has 1 aliphatic heterocycles. The molecule has 1 heterocycles. The highest BCUT2D eigenvalue weighted by Gasteiger charge is 2.36. The summed E-state index contributed by atoms with van der Waals surface area (Å²) in [7, 11) is 1.99. The molecule has 0 radical (unpaired) electrons. The van der Waals surface area contributed by atoms with Crippen molar-refractivity contribution < 1.29 is 14.0 Å². The number of hydrogen-bond donors (Lipinski definition) is 4. The molecule has 8 heteroatoms. The summed E-state index contributed by atoms with van der Waals surface area (Å²) >= 11 is 0. The monoisotopic (exact) mass is 495 g/mol. The van der Waals surface area contributed by atoms with Gasteiger partial charge in [-0.2, -0.15) is 0 Å². The predicted molar refractivity (Wildman–Crippen MR) is 140 cm³/mol. The lowest BCUT2D eigenvalue weighted by Crippen LogP contribution is -2.43. The zero-order valence-corrected chi connectivity index (χ0v) is 21.2. The molecule has 1 saturated heterocycles. The third-order valence-electron chi connectivity index (χ3n) is 7.37. The van der Waals surface area contributed by atoms with E-state index in [0.717, 1.165) is 61.6 Å². The van der Waals surface area contributed by atoms with Crippen molar-refractivity contribution in [1.82, 2.24) is 15.6 Å². The Morgan fingerprint density at radius 2 is 1.92 bits per heavy atom. The van der Waals surface area contributed by atoms with Crippen LogP contribution in [0.3, 0.4) is 0 Å². The minimum atomic E-state index is -0.347. The van der Waals surface area contributed by atoms with Crippen molar-refractivity contribution in [2.45, 2.75) is 62.9 Å². The van der Waals surface area contributed by atoms with Crippen molar-refractivity contribution in [3.63, 3.8) is 0 Å². The molecule has 1 aliphatic carbocycles. The third kappa shape index (κ3) is 6.50. The molecule has 0 spiro atoms. The largest absolute Gasteiger partial charge is 0.403 e. The van der Waals surface area contributed by atoms with E-state index < -0.39 is 0 Å². The summed E-state index contributed by atoms with van der Waals surface area (Å²) in [5.41, 5.74) is 10.3. The maximum atomic E-state index is 15.0. The molecule has 1 amide bonds. The molecule has 1 saturated carbocycles. The van der Waals surface area contributed by atoms with Crippen LogP contribution < -0.4 is 22.3 Å². The van der Waals surface area contributed by atoms with Crippen molar-refractivity contribution in [2.75, 3.05) is 13.6 Å². The highest BCUT2D eigenvalue weighted by atomic mass is 19.1. The van der Waals surface area contributed by atoms with Gasteiger partial charge in [-0.15, -0.1) is 0 Å². The second-order valence-electron chi connectivity index (χ2n) is 9.85. The first kappa shape index (κ1) is 27.4. The number of aldehydes is 1. The normalized spacial score (nSPS) is 19.9. The zero-order chi connectivity index (χ0) is 26.1. The van der Waals surface area contributed by atoms with Gasteiger partial charge in [0.1, 0.15) is 12.1 Å². The van der Waals surface area contributed by atoms with Crippen LogP contribution in [-0.4, -0.2) is 36.7 Å². The van der Waals surface area contributed by atoms with Crippen molar-refractivity contribution >= 4 is 12.2 Å². The summed E-state index contributed by atoms with van der Waals surface area (Å²) in [5.74, 6) is 4.77. The fraction of sp³-hybridized carbons (Fsp3) is 0.429. The van der Waals surface area contributed by atoms with Crippen LogP contribution in [0.5, 0.6) is 0 Å². The number of carbonyl (C=O) groups excluding carboxylic acids is 2. The second-order valence-corrected chi connectivity index (χ2v) is 9.85. The molecule has 194 valence electrons. The Hall–Kier alpha value is -3.23. The van der Waals surface area contributed by atoms with E-state index in [2.05, 4.69) is 22.6 Å². The Morgan fingerprint density at radius 3 is 2.39 bits per heavy atom. The number of likely N-dealkylation sites (N-methyl/N-ethyl adjacent to an activating group) is 1. The number of rotatable bonds is 8. The minimum absolute atomic E-state index is 0.0179. The predicted octanol–water partition coefficient (Wildman–Crippen LogP) is 3.41. The molecule has 0 aromatic heterocycles. The van der Waals surface area contributed by atoms with E-state index in [4.69, 9.17) is 11.6 Å². The topological polar surface area (TPSA) is 113 Å². The van der Waals surface area contributed by atoms with Crippen molar-refractivity contribution in [2.24, 2.45) is 11.6 Å². The lowest BCUT2D eigenvalue weighted by Gasteiger charge is -2.39. The average molecular weight is 496 g/mol. The first-order valence-electron chi connectivity index (χ1n) is 12.5. The molecular weight excluding hydrogens is 457 g/mol. The zero-order valence-electron chi connectivity index (χ0n) is 21.2. The lowest BCUT2D eigenvalue weighted by molar-refractivity contribution is -0.125. The smallest absolute Gasteiger partial charge is 0.238 e. The first-order chi connectivity index (χ1) is 17.3. The SMILES string of the molecule is CN1CCCC1C(=O)NC(c1ccccc1)c1ccc(C2(C)CCC2)c(F)c1.N/C=C(/CC=O)NN. The van der Waals surface area contributed by atoms with E-state index in [1.807, 2.05) is 49.5 Å². The molecule has 4 rings (SSSR count). The van der Waals surface area contributed by atoms with E-state index >= 15 is 4.39 Å². The third-order valence-corrected chi connectivity index (χ3v) is 7.37. The van der Waals surface area contributed by atoms with Gasteiger partial charge < -0.3 is 21.3 Å². The van der Waals surface area contributed by atoms with Crippen molar-refractivity contribution in [3.05, 3.63) is 82.9 Å². The van der Waals surface area contributed by atoms with Crippen LogP contribution in [0, 0.1) is 5.82 Å². The Kier molecular flexibility index (Phi) is 9.61. The van der Waals surface area contributed by atoms with Crippen LogP contribution in [0.1, 0.15) is 68.2 Å². The van der Waals surface area contributed by atoms with Gasteiger partial charge in [0.15, 0.2) is 0 Å². The Bertz CT molecular complexity index is 1060. The standard InChI is InChI=1S/C24H29FN2O.C4H9N3O/c1-24(13-7-14-24)19-12-11-18(16-20(19)25)22(17-8-4-3-5-9-17)26-23(28)21-10-6-15-27(21)2;5-3-4(7-6)1-2-8/h3-5,8-9,11-12,16,21-22H,6-7,10,13-15H2,1-2H3,(H,26,28);2-3,7H,1,5-6H2/b;4-3-. The maximum Gasteiger partial charge on any atom is 0.238 e. The number of nitrogens with two attached hydrogens (primary N) is 2. The Balaban J connectivity index is 0.000000392. The summed E-state index contributed by atoms with van der Waals surface area (Å²) in [6.45, 7) is 3.08. The van der Waals surface area contributed by atoms with Crippen LogP contribution in [-0.2, 0) is 15.0 Å². The highest BCUT2D eigenvalue weighted by molar-refractivity contribution is 5.82. The fourth-order valence-electron chi connectivity index (χ4n) is 4.93. The van der Waals surface area contributed by atoms with Crippen LogP contribution in [0.2, 0.25) is 0 Å². The molecule has 2 fully saturated rings. The van der Waals surface area contributed by atoms with E-state index in [-0.39, 0.29) is 35.6 Å². The van der Waals surface area contributed by atoms with Crippen LogP contribution in [0.25, 0.3) is 0 Å². The van der Waals surface area contributed by atoms with Crippen molar-refractivity contribution in [3.8, 4) is 0 Å². The number of hydrogen-bond acceptors (Lipinski definition) is 6. The number of nitrogens with one attached hydrogen (secondary N) is 2. The van der Waals surface area contributed by atoms with Crippen LogP contribution in [0.4, 0.5) is 4.39 Å². The molecule has 2 unspecified atom stereocenters. The van der Waals surface area contributed by atoms with E-state index in [9.17, 15) is 9.59 Å². The van der Waals surface area contributed by atoms with Gasteiger partial charge in [0, 0.05) is 18.3 Å².